The van der Waals surface area contributed by atoms with Crippen LogP contribution in [0, 0.1) is 0 Å². The van der Waals surface area contributed by atoms with Crippen LogP contribution < -0.4 is 9.47 Å². The van der Waals surface area contributed by atoms with Gasteiger partial charge in [-0.1, -0.05) is 23.2 Å². The summed E-state index contributed by atoms with van der Waals surface area (Å²) in [6.07, 6.45) is 2.68. The van der Waals surface area contributed by atoms with E-state index < -0.39 is 5.97 Å². The summed E-state index contributed by atoms with van der Waals surface area (Å²) in [6, 6.07) is 2.97. The number of methoxy groups -OCH3 is 2. The third-order valence-corrected chi connectivity index (χ3v) is 3.11. The van der Waals surface area contributed by atoms with Crippen LogP contribution in [-0.4, -0.2) is 48.8 Å². The van der Waals surface area contributed by atoms with Gasteiger partial charge in [-0.15, -0.1) is 0 Å². The van der Waals surface area contributed by atoms with Crippen molar-refractivity contribution < 1.29 is 24.5 Å². The van der Waals surface area contributed by atoms with Crippen molar-refractivity contribution in [2.45, 2.75) is 6.61 Å². The van der Waals surface area contributed by atoms with Crippen LogP contribution in [0.1, 0.15) is 15.9 Å². The fourth-order valence-corrected chi connectivity index (χ4v) is 1.75. The third-order valence-electron chi connectivity index (χ3n) is 2.54. The van der Waals surface area contributed by atoms with Gasteiger partial charge in [0.05, 0.1) is 26.4 Å². The second-order valence-corrected chi connectivity index (χ2v) is 4.73. The second kappa shape index (κ2) is 10.7. The van der Waals surface area contributed by atoms with Gasteiger partial charge in [0.2, 0.25) is 0 Å². The molecule has 2 N–H and O–H groups in total. The molecule has 0 atom stereocenters. The Morgan fingerprint density at radius 2 is 1.58 bits per heavy atom. The van der Waals surface area contributed by atoms with E-state index >= 15 is 0 Å². The molecule has 0 fully saturated rings. The van der Waals surface area contributed by atoms with Gasteiger partial charge in [-0.3, -0.25) is 0 Å². The number of aromatic carboxylic acids is 1. The number of halogens is 2. The number of rotatable bonds is 4. The molecule has 0 amide bonds. The van der Waals surface area contributed by atoms with Crippen LogP contribution in [0.25, 0.3) is 0 Å². The van der Waals surface area contributed by atoms with Gasteiger partial charge in [0.1, 0.15) is 0 Å². The van der Waals surface area contributed by atoms with Crippen molar-refractivity contribution in [3.8, 4) is 11.5 Å². The highest BCUT2D eigenvalue weighted by Gasteiger charge is 2.07. The second-order valence-electron chi connectivity index (χ2n) is 4.02. The molecule has 0 saturated carbocycles. The Bertz CT molecular complexity index is 688. The van der Waals surface area contributed by atoms with E-state index in [1.807, 2.05) is 0 Å². The van der Waals surface area contributed by atoms with E-state index in [9.17, 15) is 4.79 Å². The van der Waals surface area contributed by atoms with Crippen LogP contribution in [0.4, 0.5) is 0 Å². The summed E-state index contributed by atoms with van der Waals surface area (Å²) in [7, 11) is 2.90. The van der Waals surface area contributed by atoms with Gasteiger partial charge in [0.25, 0.3) is 0 Å². The lowest BCUT2D eigenvalue weighted by atomic mass is 10.3. The quantitative estimate of drug-likeness (QED) is 0.627. The summed E-state index contributed by atoms with van der Waals surface area (Å²) in [4.78, 5) is 17.9. The molecule has 0 unspecified atom stereocenters. The van der Waals surface area contributed by atoms with Crippen LogP contribution >= 0.6 is 23.2 Å². The lowest BCUT2D eigenvalue weighted by Crippen LogP contribution is -1.98. The minimum absolute atomic E-state index is 0. The summed E-state index contributed by atoms with van der Waals surface area (Å²) >= 11 is 11.2. The Labute approximate surface area is 150 Å². The highest BCUT2D eigenvalue weighted by Crippen LogP contribution is 2.22. The van der Waals surface area contributed by atoms with E-state index in [4.69, 9.17) is 42.9 Å². The molecule has 0 aromatic carbocycles. The molecule has 7 nitrogen and oxygen atoms in total. The van der Waals surface area contributed by atoms with Gasteiger partial charge in [0.15, 0.2) is 21.8 Å². The van der Waals surface area contributed by atoms with Gasteiger partial charge in [0, 0.05) is 20.8 Å². The Morgan fingerprint density at radius 1 is 1.08 bits per heavy atom. The number of ether oxygens (including phenoxy) is 2. The number of carbonyl (C=O) groups is 1. The highest BCUT2D eigenvalue weighted by atomic mass is 35.5. The van der Waals surface area contributed by atoms with E-state index in [1.54, 1.807) is 6.07 Å². The van der Waals surface area contributed by atoms with Crippen molar-refractivity contribution in [3.05, 3.63) is 46.0 Å². The van der Waals surface area contributed by atoms with E-state index in [1.165, 1.54) is 32.7 Å². The first-order valence-corrected chi connectivity index (χ1v) is 6.90. The van der Waals surface area contributed by atoms with Gasteiger partial charge in [-0.05, 0) is 17.7 Å². The number of carboxylic acids is 1. The number of hydrogen-bond donors (Lipinski definition) is 2. The first-order valence-electron chi connectivity index (χ1n) is 6.15. The maximum atomic E-state index is 10.4. The summed E-state index contributed by atoms with van der Waals surface area (Å²) in [5, 5.41) is 17.7. The maximum absolute atomic E-state index is 10.4. The van der Waals surface area contributed by atoms with Crippen LogP contribution in [-0.2, 0) is 6.61 Å². The molecule has 127 valence electrons. The Kier molecular flexibility index (Phi) is 9.79. The topological polar surface area (TPSA) is 102 Å². The van der Waals surface area contributed by atoms with Crippen LogP contribution in [0.5, 0.6) is 11.5 Å². The molecule has 2 heterocycles. The lowest BCUT2D eigenvalue weighted by molar-refractivity contribution is 0.0696. The SMILES string of the molecule is COc1cc(C(=O)O)cnc1Cl.COc1cc(CO)cnc1Cl.[B]. The van der Waals surface area contributed by atoms with Gasteiger partial charge in [-0.25, -0.2) is 14.8 Å². The molecule has 0 aliphatic rings. The molecule has 10 heteroatoms. The summed E-state index contributed by atoms with van der Waals surface area (Å²) in [5.41, 5.74) is 0.738. The number of pyridine rings is 2. The number of carboxylic acid groups (broad SMARTS) is 1. The fraction of sp³-hybridized carbons (Fsp3) is 0.214. The van der Waals surface area contributed by atoms with Crippen molar-refractivity contribution in [1.29, 1.82) is 0 Å². The molecule has 0 saturated heterocycles. The third kappa shape index (κ3) is 6.23. The van der Waals surface area contributed by atoms with Gasteiger partial charge in [-0.2, -0.15) is 0 Å². The van der Waals surface area contributed by atoms with E-state index in [0.29, 0.717) is 16.5 Å². The fourth-order valence-electron chi connectivity index (χ4n) is 1.39. The molecule has 2 aromatic heterocycles. The van der Waals surface area contributed by atoms with E-state index in [2.05, 4.69) is 9.97 Å². The maximum Gasteiger partial charge on any atom is 0.337 e. The zero-order valence-corrected chi connectivity index (χ0v) is 14.4. The Balaban J connectivity index is 0.000000425. The predicted molar refractivity (Wildman–Crippen MR) is 90.2 cm³/mol. The first kappa shape index (κ1) is 22.0. The number of aromatic nitrogens is 2. The molecule has 2 aromatic rings. The highest BCUT2D eigenvalue weighted by molar-refractivity contribution is 6.31. The zero-order valence-electron chi connectivity index (χ0n) is 12.9. The number of nitrogens with zero attached hydrogens (tertiary/aromatic N) is 2. The van der Waals surface area contributed by atoms with Crippen molar-refractivity contribution in [1.82, 2.24) is 9.97 Å². The smallest absolute Gasteiger partial charge is 0.337 e. The minimum atomic E-state index is -1.06. The molecular weight excluding hydrogens is 358 g/mol. The summed E-state index contributed by atoms with van der Waals surface area (Å²) in [5.74, 6) is -0.313. The number of aliphatic hydroxyl groups is 1. The molecule has 2 rings (SSSR count). The molecule has 0 aliphatic heterocycles. The largest absolute Gasteiger partial charge is 0.494 e. The van der Waals surface area contributed by atoms with Gasteiger partial charge >= 0.3 is 5.97 Å². The van der Waals surface area contributed by atoms with Crippen molar-refractivity contribution in [2.24, 2.45) is 0 Å². The Morgan fingerprint density at radius 3 is 2.04 bits per heavy atom. The average molecular weight is 372 g/mol. The number of hydrogen-bond acceptors (Lipinski definition) is 6. The molecule has 0 aliphatic carbocycles. The molecule has 3 radical (unpaired) electrons. The minimum Gasteiger partial charge on any atom is -0.494 e. The van der Waals surface area contributed by atoms with E-state index in [-0.39, 0.29) is 31.5 Å². The lowest BCUT2D eigenvalue weighted by Gasteiger charge is -2.02. The Hall–Kier alpha value is -2.03. The van der Waals surface area contributed by atoms with Crippen LogP contribution in [0.3, 0.4) is 0 Å². The van der Waals surface area contributed by atoms with Crippen molar-refractivity contribution in [3.63, 3.8) is 0 Å². The zero-order chi connectivity index (χ0) is 17.4. The normalized spacial score (nSPS) is 9.21. The summed E-state index contributed by atoms with van der Waals surface area (Å²) in [6.45, 7) is -0.0550. The molecule has 0 spiro atoms. The average Bonchev–Trinajstić information content (AvgIpc) is 2.56. The molecular formula is C14H14BCl2N2O5. The van der Waals surface area contributed by atoms with E-state index in [0.717, 1.165) is 0 Å². The standard InChI is InChI=1S/C7H6ClNO3.C7H8ClNO2.B/c1-12-5-2-4(7(10)11)3-9-6(5)8;1-11-6-2-5(4-10)3-9-7(6)8;/h2-3H,1H3,(H,10,11);2-3,10H,4H2,1H3;. The van der Waals surface area contributed by atoms with Crippen LogP contribution in [0.2, 0.25) is 10.3 Å². The molecule has 24 heavy (non-hydrogen) atoms. The monoisotopic (exact) mass is 371 g/mol. The van der Waals surface area contributed by atoms with Gasteiger partial charge < -0.3 is 19.7 Å². The number of aliphatic hydroxyl groups excluding tert-OH is 1. The molecule has 0 bridgehead atoms. The van der Waals surface area contributed by atoms with Crippen LogP contribution in [0.15, 0.2) is 24.5 Å². The summed E-state index contributed by atoms with van der Waals surface area (Å²) < 4.78 is 9.66. The first-order chi connectivity index (χ1) is 10.9. The van der Waals surface area contributed by atoms with Crippen molar-refractivity contribution in [2.75, 3.05) is 14.2 Å². The van der Waals surface area contributed by atoms with Crippen molar-refractivity contribution >= 4 is 37.6 Å². The predicted octanol–water partition coefficient (Wildman–Crippen LogP) is 2.30.